The molecule has 4 nitrogen and oxygen atoms in total. The number of aromatic nitrogens is 2. The first-order valence-electron chi connectivity index (χ1n) is 7.05. The van der Waals surface area contributed by atoms with Crippen LogP contribution in [0, 0.1) is 6.92 Å². The highest BCUT2D eigenvalue weighted by molar-refractivity contribution is 6.30. The number of nitrogens with one attached hydrogen (secondary N) is 1. The summed E-state index contributed by atoms with van der Waals surface area (Å²) in [4.78, 5) is 4.22. The van der Waals surface area contributed by atoms with Crippen LogP contribution in [0.4, 0.5) is 0 Å². The lowest BCUT2D eigenvalue weighted by Crippen LogP contribution is -2.22. The van der Waals surface area contributed by atoms with Crippen molar-refractivity contribution in [2.24, 2.45) is 0 Å². The van der Waals surface area contributed by atoms with Crippen LogP contribution >= 0.6 is 11.6 Å². The monoisotopic (exact) mass is 313 g/mol. The summed E-state index contributed by atoms with van der Waals surface area (Å²) in [5.74, 6) is 1.20. The van der Waals surface area contributed by atoms with Gasteiger partial charge in [0.15, 0.2) is 5.82 Å². The van der Waals surface area contributed by atoms with E-state index in [0.29, 0.717) is 23.3 Å². The van der Waals surface area contributed by atoms with E-state index >= 15 is 0 Å². The van der Waals surface area contributed by atoms with Crippen molar-refractivity contribution in [1.82, 2.24) is 15.5 Å². The van der Waals surface area contributed by atoms with E-state index in [4.69, 9.17) is 16.1 Å². The van der Waals surface area contributed by atoms with Gasteiger partial charge in [0.2, 0.25) is 5.89 Å². The SMILES string of the molecule is Cc1noc(CNC(c2ccccc2)c2cccc(Cl)c2)n1. The minimum Gasteiger partial charge on any atom is -0.338 e. The van der Waals surface area contributed by atoms with E-state index in [1.165, 1.54) is 0 Å². The van der Waals surface area contributed by atoms with Gasteiger partial charge < -0.3 is 4.52 Å². The largest absolute Gasteiger partial charge is 0.338 e. The Labute approximate surface area is 134 Å². The maximum atomic E-state index is 6.13. The molecule has 5 heteroatoms. The lowest BCUT2D eigenvalue weighted by Gasteiger charge is -2.19. The van der Waals surface area contributed by atoms with Gasteiger partial charge in [0.05, 0.1) is 12.6 Å². The Balaban J connectivity index is 1.86. The fraction of sp³-hybridized carbons (Fsp3) is 0.176. The van der Waals surface area contributed by atoms with Crippen molar-refractivity contribution in [1.29, 1.82) is 0 Å². The minimum absolute atomic E-state index is 0.00658. The molecule has 0 aliphatic carbocycles. The third-order valence-electron chi connectivity index (χ3n) is 3.34. The van der Waals surface area contributed by atoms with Crippen LogP contribution in [0.3, 0.4) is 0 Å². The number of nitrogens with zero attached hydrogens (tertiary/aromatic N) is 2. The topological polar surface area (TPSA) is 51.0 Å². The molecule has 0 radical (unpaired) electrons. The van der Waals surface area contributed by atoms with E-state index < -0.39 is 0 Å². The number of hydrogen-bond donors (Lipinski definition) is 1. The Kier molecular flexibility index (Phi) is 4.51. The van der Waals surface area contributed by atoms with Crippen LogP contribution in [0.25, 0.3) is 0 Å². The molecule has 1 atom stereocenters. The Morgan fingerprint density at radius 2 is 1.86 bits per heavy atom. The average molecular weight is 314 g/mol. The molecule has 0 saturated carbocycles. The summed E-state index contributed by atoms with van der Waals surface area (Å²) >= 11 is 6.13. The second-order valence-corrected chi connectivity index (χ2v) is 5.45. The first-order chi connectivity index (χ1) is 10.7. The highest BCUT2D eigenvalue weighted by Gasteiger charge is 2.15. The van der Waals surface area contributed by atoms with Gasteiger partial charge in [-0.05, 0) is 30.2 Å². The predicted octanol–water partition coefficient (Wildman–Crippen LogP) is 3.91. The smallest absolute Gasteiger partial charge is 0.240 e. The fourth-order valence-electron chi connectivity index (χ4n) is 2.36. The van der Waals surface area contributed by atoms with Crippen molar-refractivity contribution in [3.8, 4) is 0 Å². The molecule has 0 aliphatic heterocycles. The van der Waals surface area contributed by atoms with Crippen LogP contribution in [0.5, 0.6) is 0 Å². The zero-order valence-electron chi connectivity index (χ0n) is 12.2. The number of halogens is 1. The highest BCUT2D eigenvalue weighted by atomic mass is 35.5. The molecule has 2 aromatic carbocycles. The van der Waals surface area contributed by atoms with Crippen molar-refractivity contribution in [2.75, 3.05) is 0 Å². The van der Waals surface area contributed by atoms with Crippen molar-refractivity contribution >= 4 is 11.6 Å². The molecule has 1 heterocycles. The summed E-state index contributed by atoms with van der Waals surface area (Å²) in [6, 6.07) is 18.0. The van der Waals surface area contributed by atoms with Gasteiger partial charge in [-0.2, -0.15) is 4.98 Å². The molecule has 1 unspecified atom stereocenters. The third-order valence-corrected chi connectivity index (χ3v) is 3.58. The molecule has 1 N–H and O–H groups in total. The summed E-state index contributed by atoms with van der Waals surface area (Å²) in [6.07, 6.45) is 0. The molecule has 0 amide bonds. The summed E-state index contributed by atoms with van der Waals surface area (Å²) in [7, 11) is 0. The molecule has 3 aromatic rings. The molecule has 0 saturated heterocycles. The number of rotatable bonds is 5. The first-order valence-corrected chi connectivity index (χ1v) is 7.43. The molecule has 3 rings (SSSR count). The molecule has 0 aliphatic rings. The maximum Gasteiger partial charge on any atom is 0.240 e. The van der Waals surface area contributed by atoms with E-state index in [2.05, 4.69) is 33.7 Å². The molecule has 0 bridgehead atoms. The standard InChI is InChI=1S/C17H16ClN3O/c1-12-20-16(22-21-12)11-19-17(13-6-3-2-4-7-13)14-8-5-9-15(18)10-14/h2-10,17,19H,11H2,1H3. The highest BCUT2D eigenvalue weighted by Crippen LogP contribution is 2.24. The lowest BCUT2D eigenvalue weighted by atomic mass is 9.99. The summed E-state index contributed by atoms with van der Waals surface area (Å²) in [5, 5.41) is 7.98. The van der Waals surface area contributed by atoms with E-state index in [0.717, 1.165) is 11.1 Å². The number of benzene rings is 2. The van der Waals surface area contributed by atoms with Crippen molar-refractivity contribution in [3.63, 3.8) is 0 Å². The Hall–Kier alpha value is -2.17. The molecular weight excluding hydrogens is 298 g/mol. The number of aryl methyl sites for hydroxylation is 1. The van der Waals surface area contributed by atoms with Gasteiger partial charge in [0.25, 0.3) is 0 Å². The van der Waals surface area contributed by atoms with Crippen LogP contribution in [0.15, 0.2) is 59.1 Å². The first kappa shape index (κ1) is 14.8. The van der Waals surface area contributed by atoms with Gasteiger partial charge in [-0.1, -0.05) is 59.2 Å². The van der Waals surface area contributed by atoms with E-state index in [-0.39, 0.29) is 6.04 Å². The van der Waals surface area contributed by atoms with Crippen LogP contribution in [0.1, 0.15) is 28.9 Å². The zero-order valence-corrected chi connectivity index (χ0v) is 12.9. The summed E-state index contributed by atoms with van der Waals surface area (Å²) in [6.45, 7) is 2.30. The van der Waals surface area contributed by atoms with Gasteiger partial charge in [-0.15, -0.1) is 0 Å². The van der Waals surface area contributed by atoms with Crippen LogP contribution < -0.4 is 5.32 Å². The van der Waals surface area contributed by atoms with Gasteiger partial charge in [-0.25, -0.2) is 0 Å². The van der Waals surface area contributed by atoms with Crippen LogP contribution in [-0.4, -0.2) is 10.1 Å². The number of hydrogen-bond acceptors (Lipinski definition) is 4. The fourth-order valence-corrected chi connectivity index (χ4v) is 2.56. The maximum absolute atomic E-state index is 6.13. The normalized spacial score (nSPS) is 12.3. The van der Waals surface area contributed by atoms with Gasteiger partial charge >= 0.3 is 0 Å². The quantitative estimate of drug-likeness (QED) is 0.776. The average Bonchev–Trinajstić information content (AvgIpc) is 2.94. The van der Waals surface area contributed by atoms with E-state index in [1.54, 1.807) is 6.92 Å². The van der Waals surface area contributed by atoms with Crippen LogP contribution in [-0.2, 0) is 6.54 Å². The lowest BCUT2D eigenvalue weighted by molar-refractivity contribution is 0.359. The molecular formula is C17H16ClN3O. The summed E-state index contributed by atoms with van der Waals surface area (Å²) < 4.78 is 5.16. The molecule has 22 heavy (non-hydrogen) atoms. The van der Waals surface area contributed by atoms with Crippen LogP contribution in [0.2, 0.25) is 5.02 Å². The Morgan fingerprint density at radius 3 is 2.55 bits per heavy atom. The second-order valence-electron chi connectivity index (χ2n) is 5.01. The van der Waals surface area contributed by atoms with Crippen molar-refractivity contribution in [2.45, 2.75) is 19.5 Å². The second kappa shape index (κ2) is 6.73. The zero-order chi connectivity index (χ0) is 15.4. The van der Waals surface area contributed by atoms with Gasteiger partial charge in [0, 0.05) is 5.02 Å². The van der Waals surface area contributed by atoms with Crippen molar-refractivity contribution in [3.05, 3.63) is 82.5 Å². The molecule has 0 spiro atoms. The molecule has 1 aromatic heterocycles. The van der Waals surface area contributed by atoms with E-state index in [1.807, 2.05) is 36.4 Å². The molecule has 0 fully saturated rings. The van der Waals surface area contributed by atoms with Gasteiger partial charge in [0.1, 0.15) is 0 Å². The minimum atomic E-state index is 0.00658. The Morgan fingerprint density at radius 1 is 1.09 bits per heavy atom. The Bertz CT molecular complexity index is 742. The molecule has 112 valence electrons. The third kappa shape index (κ3) is 3.53. The predicted molar refractivity (Wildman–Crippen MR) is 85.6 cm³/mol. The van der Waals surface area contributed by atoms with Gasteiger partial charge in [-0.3, -0.25) is 5.32 Å². The van der Waals surface area contributed by atoms with E-state index in [9.17, 15) is 0 Å². The van der Waals surface area contributed by atoms with Crippen molar-refractivity contribution < 1.29 is 4.52 Å². The summed E-state index contributed by atoms with van der Waals surface area (Å²) in [5.41, 5.74) is 2.25.